The van der Waals surface area contributed by atoms with Crippen LogP contribution in [0.1, 0.15) is 79.2 Å². The van der Waals surface area contributed by atoms with Crippen molar-refractivity contribution < 1.29 is 0 Å². The lowest BCUT2D eigenvalue weighted by molar-refractivity contribution is 0.310. The fraction of sp³-hybridized carbons (Fsp3) is 0.419. The van der Waals surface area contributed by atoms with Crippen LogP contribution >= 0.6 is 11.6 Å². The Morgan fingerprint density at radius 1 is 0.656 bits per heavy atom. The molecule has 0 saturated heterocycles. The molecule has 0 radical (unpaired) electrons. The molecule has 0 heterocycles. The lowest BCUT2D eigenvalue weighted by atomic mass is 9.77. The Morgan fingerprint density at radius 2 is 1.25 bits per heavy atom. The van der Waals surface area contributed by atoms with Crippen molar-refractivity contribution in [1.82, 2.24) is 0 Å². The highest BCUT2D eigenvalue weighted by atomic mass is 35.5. The van der Waals surface area contributed by atoms with Crippen LogP contribution in [0.15, 0.2) is 72.8 Å². The Bertz CT molecular complexity index is 947. The molecule has 3 aromatic carbocycles. The summed E-state index contributed by atoms with van der Waals surface area (Å²) in [6.07, 6.45) is 12.5. The number of benzene rings is 3. The first-order valence-corrected chi connectivity index (χ1v) is 13.0. The molecule has 0 bridgehead atoms. The molecule has 0 spiro atoms. The van der Waals surface area contributed by atoms with E-state index in [0.29, 0.717) is 0 Å². The van der Waals surface area contributed by atoms with E-state index >= 15 is 0 Å². The number of halogens is 1. The molecule has 1 saturated carbocycles. The molecule has 4 rings (SSSR count). The summed E-state index contributed by atoms with van der Waals surface area (Å²) < 4.78 is 0. The van der Waals surface area contributed by atoms with E-state index in [1.807, 2.05) is 12.1 Å². The molecule has 168 valence electrons. The fourth-order valence-corrected chi connectivity index (χ4v) is 5.48. The fourth-order valence-electron chi connectivity index (χ4n) is 5.25. The zero-order chi connectivity index (χ0) is 22.2. The average Bonchev–Trinajstić information content (AvgIpc) is 2.84. The van der Waals surface area contributed by atoms with Gasteiger partial charge in [-0.25, -0.2) is 0 Å². The number of hydrogen-bond donors (Lipinski definition) is 0. The minimum atomic E-state index is 0.777. The van der Waals surface area contributed by atoms with Crippen molar-refractivity contribution in [3.8, 4) is 0 Å². The van der Waals surface area contributed by atoms with Gasteiger partial charge in [0.15, 0.2) is 0 Å². The van der Waals surface area contributed by atoms with Gasteiger partial charge in [-0.15, -0.1) is 0 Å². The smallest absolute Gasteiger partial charge is 0.0438 e. The summed E-state index contributed by atoms with van der Waals surface area (Å²) in [5, 5.41) is 0.882. The van der Waals surface area contributed by atoms with Crippen LogP contribution in [0, 0.1) is 5.92 Å². The maximum atomic E-state index is 6.29. The Balaban J connectivity index is 1.19. The summed E-state index contributed by atoms with van der Waals surface area (Å²) in [5.41, 5.74) is 7.18. The predicted molar refractivity (Wildman–Crippen MR) is 139 cm³/mol. The van der Waals surface area contributed by atoms with Gasteiger partial charge >= 0.3 is 0 Å². The molecular formula is C31H37Cl. The van der Waals surface area contributed by atoms with Crippen LogP contribution in [0.2, 0.25) is 5.02 Å². The van der Waals surface area contributed by atoms with E-state index in [4.69, 9.17) is 11.6 Å². The van der Waals surface area contributed by atoms with E-state index in [1.54, 1.807) is 5.56 Å². The average molecular weight is 445 g/mol. The standard InChI is InChI=1S/C31H37Cl/c1-2-5-24-14-19-28(20-15-24)29-21-16-27(17-22-29)13-10-25-8-11-26(12-9-25)18-23-30-6-3-4-7-31(30)32/h3-4,6-9,11-12,14-15,19-20,27,29H,2,5,10,13,16-18,21-23H2,1H3. The van der Waals surface area contributed by atoms with Crippen LogP contribution in [-0.4, -0.2) is 0 Å². The topological polar surface area (TPSA) is 0 Å². The maximum absolute atomic E-state index is 6.29. The lowest BCUT2D eigenvalue weighted by Gasteiger charge is -2.29. The quantitative estimate of drug-likeness (QED) is 0.309. The van der Waals surface area contributed by atoms with Crippen LogP contribution in [0.3, 0.4) is 0 Å². The molecule has 0 amide bonds. The first-order valence-electron chi connectivity index (χ1n) is 12.6. The monoisotopic (exact) mass is 444 g/mol. The van der Waals surface area contributed by atoms with E-state index in [-0.39, 0.29) is 0 Å². The van der Waals surface area contributed by atoms with E-state index < -0.39 is 0 Å². The molecule has 0 atom stereocenters. The highest BCUT2D eigenvalue weighted by Crippen LogP contribution is 2.37. The molecular weight excluding hydrogens is 408 g/mol. The first kappa shape index (κ1) is 23.1. The second-order valence-corrected chi connectivity index (χ2v) is 10.1. The van der Waals surface area contributed by atoms with Crippen molar-refractivity contribution in [1.29, 1.82) is 0 Å². The van der Waals surface area contributed by atoms with Crippen molar-refractivity contribution in [3.63, 3.8) is 0 Å². The number of hydrogen-bond acceptors (Lipinski definition) is 0. The highest BCUT2D eigenvalue weighted by molar-refractivity contribution is 6.31. The molecule has 32 heavy (non-hydrogen) atoms. The number of aryl methyl sites for hydroxylation is 4. The largest absolute Gasteiger partial charge is 0.0840 e. The molecule has 1 heteroatoms. The summed E-state index contributed by atoms with van der Waals surface area (Å²) in [6.45, 7) is 2.26. The zero-order valence-corrected chi connectivity index (χ0v) is 20.3. The molecule has 3 aromatic rings. The SMILES string of the molecule is CCCc1ccc(C2CCC(CCc3ccc(CCc4ccccc4Cl)cc3)CC2)cc1. The van der Waals surface area contributed by atoms with Crippen molar-refractivity contribution in [2.24, 2.45) is 5.92 Å². The Morgan fingerprint density at radius 3 is 1.91 bits per heavy atom. The molecule has 1 aliphatic carbocycles. The summed E-state index contributed by atoms with van der Waals surface area (Å²) in [7, 11) is 0. The van der Waals surface area contributed by atoms with Crippen molar-refractivity contribution in [2.45, 2.75) is 77.0 Å². The molecule has 0 aliphatic heterocycles. The predicted octanol–water partition coefficient (Wildman–Crippen LogP) is 8.98. The van der Waals surface area contributed by atoms with Gasteiger partial charge in [0.25, 0.3) is 0 Å². The van der Waals surface area contributed by atoms with Gasteiger partial charge in [-0.05, 0) is 104 Å². The van der Waals surface area contributed by atoms with Crippen LogP contribution in [0.5, 0.6) is 0 Å². The van der Waals surface area contributed by atoms with Gasteiger partial charge < -0.3 is 0 Å². The Labute approximate surface area is 200 Å². The molecule has 0 nitrogen and oxygen atoms in total. The first-order chi connectivity index (χ1) is 15.7. The summed E-state index contributed by atoms with van der Waals surface area (Å²) >= 11 is 6.29. The number of rotatable bonds is 9. The molecule has 1 fully saturated rings. The van der Waals surface area contributed by atoms with Gasteiger partial charge in [0.1, 0.15) is 0 Å². The Kier molecular flexibility index (Phi) is 8.46. The van der Waals surface area contributed by atoms with Gasteiger partial charge in [-0.3, -0.25) is 0 Å². The minimum Gasteiger partial charge on any atom is -0.0840 e. The third-order valence-corrected chi connectivity index (χ3v) is 7.71. The Hall–Kier alpha value is -2.05. The summed E-state index contributed by atoms with van der Waals surface area (Å²) in [5.74, 6) is 1.67. The third-order valence-electron chi connectivity index (χ3n) is 7.34. The van der Waals surface area contributed by atoms with Gasteiger partial charge in [0.2, 0.25) is 0 Å². The van der Waals surface area contributed by atoms with Crippen LogP contribution < -0.4 is 0 Å². The molecule has 1 aliphatic rings. The van der Waals surface area contributed by atoms with Gasteiger partial charge in [0.05, 0.1) is 0 Å². The zero-order valence-electron chi connectivity index (χ0n) is 19.5. The molecule has 0 unspecified atom stereocenters. The van der Waals surface area contributed by atoms with Crippen molar-refractivity contribution in [3.05, 3.63) is 106 Å². The summed E-state index contributed by atoms with van der Waals surface area (Å²) in [4.78, 5) is 0. The van der Waals surface area contributed by atoms with Crippen LogP contribution in [-0.2, 0) is 25.7 Å². The van der Waals surface area contributed by atoms with Crippen LogP contribution in [0.25, 0.3) is 0 Å². The van der Waals surface area contributed by atoms with Crippen molar-refractivity contribution >= 4 is 11.6 Å². The van der Waals surface area contributed by atoms with Gasteiger partial charge in [0, 0.05) is 5.02 Å². The van der Waals surface area contributed by atoms with Gasteiger partial charge in [-0.1, -0.05) is 91.7 Å². The molecule has 0 aromatic heterocycles. The van der Waals surface area contributed by atoms with Crippen molar-refractivity contribution in [2.75, 3.05) is 0 Å². The second-order valence-electron chi connectivity index (χ2n) is 9.66. The van der Waals surface area contributed by atoms with E-state index in [9.17, 15) is 0 Å². The minimum absolute atomic E-state index is 0.777. The summed E-state index contributed by atoms with van der Waals surface area (Å²) in [6, 6.07) is 27.0. The second kappa shape index (κ2) is 11.7. The highest BCUT2D eigenvalue weighted by Gasteiger charge is 2.22. The molecule has 0 N–H and O–H groups in total. The lowest BCUT2D eigenvalue weighted by Crippen LogP contribution is -2.14. The third kappa shape index (κ3) is 6.48. The maximum Gasteiger partial charge on any atom is 0.0438 e. The normalized spacial score (nSPS) is 18.6. The van der Waals surface area contributed by atoms with Gasteiger partial charge in [-0.2, -0.15) is 0 Å². The van der Waals surface area contributed by atoms with E-state index in [0.717, 1.165) is 29.7 Å². The van der Waals surface area contributed by atoms with Crippen LogP contribution in [0.4, 0.5) is 0 Å². The van der Waals surface area contributed by atoms with E-state index in [2.05, 4.69) is 67.6 Å². The van der Waals surface area contributed by atoms with E-state index in [1.165, 1.54) is 73.6 Å².